The third kappa shape index (κ3) is 3.21. The van der Waals surface area contributed by atoms with Crippen LogP contribution in [0.5, 0.6) is 0 Å². The van der Waals surface area contributed by atoms with E-state index in [0.29, 0.717) is 12.1 Å². The minimum atomic E-state index is 0.539. The third-order valence-corrected chi connectivity index (χ3v) is 4.54. The van der Waals surface area contributed by atoms with Crippen molar-refractivity contribution in [3.05, 3.63) is 0 Å². The van der Waals surface area contributed by atoms with Crippen LogP contribution in [0.1, 0.15) is 51.9 Å². The first-order valence-corrected chi connectivity index (χ1v) is 7.08. The fourth-order valence-electron chi connectivity index (χ4n) is 3.35. The van der Waals surface area contributed by atoms with Crippen LogP contribution >= 0.6 is 0 Å². The van der Waals surface area contributed by atoms with Crippen LogP contribution in [0, 0.1) is 11.8 Å². The molecule has 0 bridgehead atoms. The molecule has 1 N–H and O–H groups in total. The Balaban J connectivity index is 1.79. The van der Waals surface area contributed by atoms with E-state index in [9.17, 15) is 0 Å². The van der Waals surface area contributed by atoms with Crippen molar-refractivity contribution in [1.29, 1.82) is 0 Å². The van der Waals surface area contributed by atoms with E-state index in [1.54, 1.807) is 0 Å². The molecule has 2 nitrogen and oxygen atoms in total. The lowest BCUT2D eigenvalue weighted by molar-refractivity contribution is 0.0822. The molecule has 2 rings (SSSR count). The van der Waals surface area contributed by atoms with Crippen molar-refractivity contribution in [2.45, 2.75) is 64.0 Å². The molecule has 0 spiro atoms. The highest BCUT2D eigenvalue weighted by atomic mass is 16.5. The molecule has 1 aliphatic heterocycles. The van der Waals surface area contributed by atoms with Crippen molar-refractivity contribution in [2.75, 3.05) is 13.7 Å². The van der Waals surface area contributed by atoms with Gasteiger partial charge < -0.3 is 10.1 Å². The van der Waals surface area contributed by atoms with E-state index in [-0.39, 0.29) is 0 Å². The summed E-state index contributed by atoms with van der Waals surface area (Å²) in [6.07, 6.45) is 10.00. The Kier molecular flexibility index (Phi) is 4.66. The molecular formula is C14H27NO. The number of hydrogen-bond donors (Lipinski definition) is 1. The molecule has 0 aromatic heterocycles. The standard InChI is InChI=1S/C14H27NO/c1-11-5-7-12(8-6-11)14(15-2)10-13-4-3-9-16-13/h11-15H,3-10H2,1-2H3. The van der Waals surface area contributed by atoms with Gasteiger partial charge in [0.15, 0.2) is 0 Å². The lowest BCUT2D eigenvalue weighted by Crippen LogP contribution is -2.38. The van der Waals surface area contributed by atoms with E-state index < -0.39 is 0 Å². The summed E-state index contributed by atoms with van der Waals surface area (Å²) in [6.45, 7) is 3.38. The number of rotatable bonds is 4. The predicted octanol–water partition coefficient (Wildman–Crippen LogP) is 2.97. The monoisotopic (exact) mass is 225 g/mol. The van der Waals surface area contributed by atoms with Crippen molar-refractivity contribution in [3.8, 4) is 0 Å². The fraction of sp³-hybridized carbons (Fsp3) is 1.00. The van der Waals surface area contributed by atoms with Gasteiger partial charge in [-0.1, -0.05) is 19.8 Å². The minimum absolute atomic E-state index is 0.539. The van der Waals surface area contributed by atoms with Crippen LogP contribution in [-0.4, -0.2) is 25.8 Å². The van der Waals surface area contributed by atoms with Gasteiger partial charge in [0.1, 0.15) is 0 Å². The van der Waals surface area contributed by atoms with Crippen molar-refractivity contribution in [3.63, 3.8) is 0 Å². The smallest absolute Gasteiger partial charge is 0.0590 e. The van der Waals surface area contributed by atoms with Gasteiger partial charge in [-0.05, 0) is 51.0 Å². The Hall–Kier alpha value is -0.0800. The first kappa shape index (κ1) is 12.4. The summed E-state index contributed by atoms with van der Waals surface area (Å²) >= 11 is 0. The Labute approximate surface area is 100 Å². The molecule has 1 aliphatic carbocycles. The van der Waals surface area contributed by atoms with Gasteiger partial charge in [0.2, 0.25) is 0 Å². The van der Waals surface area contributed by atoms with E-state index in [1.807, 2.05) is 0 Å². The molecule has 0 radical (unpaired) electrons. The zero-order chi connectivity index (χ0) is 11.4. The molecular weight excluding hydrogens is 198 g/mol. The van der Waals surface area contributed by atoms with Gasteiger partial charge in [0.25, 0.3) is 0 Å². The maximum Gasteiger partial charge on any atom is 0.0590 e. The van der Waals surface area contributed by atoms with Gasteiger partial charge >= 0.3 is 0 Å². The van der Waals surface area contributed by atoms with Crippen LogP contribution in [0.4, 0.5) is 0 Å². The molecule has 16 heavy (non-hydrogen) atoms. The molecule has 1 heterocycles. The fourth-order valence-corrected chi connectivity index (χ4v) is 3.35. The molecule has 94 valence electrons. The van der Waals surface area contributed by atoms with Gasteiger partial charge in [0, 0.05) is 12.6 Å². The van der Waals surface area contributed by atoms with Gasteiger partial charge in [-0.15, -0.1) is 0 Å². The zero-order valence-corrected chi connectivity index (χ0v) is 10.9. The molecule has 0 aromatic carbocycles. The van der Waals surface area contributed by atoms with Crippen LogP contribution in [-0.2, 0) is 4.74 Å². The predicted molar refractivity (Wildman–Crippen MR) is 67.6 cm³/mol. The maximum atomic E-state index is 5.76. The number of ether oxygens (including phenoxy) is 1. The molecule has 2 atom stereocenters. The SMILES string of the molecule is CNC(CC1CCCO1)C1CCC(C)CC1. The molecule has 2 unspecified atom stereocenters. The van der Waals surface area contributed by atoms with Crippen molar-refractivity contribution in [1.82, 2.24) is 5.32 Å². The van der Waals surface area contributed by atoms with Gasteiger partial charge in [-0.2, -0.15) is 0 Å². The molecule has 2 aliphatic rings. The van der Waals surface area contributed by atoms with Gasteiger partial charge in [-0.25, -0.2) is 0 Å². The van der Waals surface area contributed by atoms with Crippen LogP contribution in [0.15, 0.2) is 0 Å². The van der Waals surface area contributed by atoms with E-state index in [4.69, 9.17) is 4.74 Å². The van der Waals surface area contributed by atoms with E-state index in [0.717, 1.165) is 18.4 Å². The van der Waals surface area contributed by atoms with Crippen LogP contribution in [0.2, 0.25) is 0 Å². The molecule has 2 fully saturated rings. The first-order valence-electron chi connectivity index (χ1n) is 7.08. The molecule has 2 heteroatoms. The average Bonchev–Trinajstić information content (AvgIpc) is 2.80. The Bertz CT molecular complexity index is 193. The van der Waals surface area contributed by atoms with E-state index >= 15 is 0 Å². The number of hydrogen-bond acceptors (Lipinski definition) is 2. The van der Waals surface area contributed by atoms with Crippen molar-refractivity contribution < 1.29 is 4.74 Å². The Morgan fingerprint density at radius 2 is 1.94 bits per heavy atom. The molecule has 1 saturated heterocycles. The minimum Gasteiger partial charge on any atom is -0.378 e. The first-order chi connectivity index (χ1) is 7.79. The second kappa shape index (κ2) is 6.02. The lowest BCUT2D eigenvalue weighted by atomic mass is 9.78. The largest absolute Gasteiger partial charge is 0.378 e. The van der Waals surface area contributed by atoms with E-state index in [1.165, 1.54) is 44.9 Å². The Morgan fingerprint density at radius 3 is 2.50 bits per heavy atom. The van der Waals surface area contributed by atoms with Crippen molar-refractivity contribution in [2.24, 2.45) is 11.8 Å². The zero-order valence-electron chi connectivity index (χ0n) is 10.9. The van der Waals surface area contributed by atoms with Crippen molar-refractivity contribution >= 4 is 0 Å². The molecule has 0 aromatic rings. The summed E-state index contributed by atoms with van der Waals surface area (Å²) in [5.74, 6) is 1.85. The highest BCUT2D eigenvalue weighted by molar-refractivity contribution is 4.83. The van der Waals surface area contributed by atoms with Gasteiger partial charge in [-0.3, -0.25) is 0 Å². The highest BCUT2D eigenvalue weighted by Crippen LogP contribution is 2.32. The number of nitrogens with one attached hydrogen (secondary N) is 1. The van der Waals surface area contributed by atoms with Crippen LogP contribution in [0.3, 0.4) is 0 Å². The summed E-state index contributed by atoms with van der Waals surface area (Å²) in [4.78, 5) is 0. The third-order valence-electron chi connectivity index (χ3n) is 4.54. The second-order valence-electron chi connectivity index (χ2n) is 5.79. The van der Waals surface area contributed by atoms with Crippen LogP contribution < -0.4 is 5.32 Å². The highest BCUT2D eigenvalue weighted by Gasteiger charge is 2.28. The van der Waals surface area contributed by atoms with E-state index in [2.05, 4.69) is 19.3 Å². The summed E-state index contributed by atoms with van der Waals surface area (Å²) in [6, 6.07) is 0.690. The molecule has 1 saturated carbocycles. The molecule has 0 amide bonds. The summed E-state index contributed by atoms with van der Waals surface area (Å²) < 4.78 is 5.76. The van der Waals surface area contributed by atoms with Crippen LogP contribution in [0.25, 0.3) is 0 Å². The summed E-state index contributed by atoms with van der Waals surface area (Å²) in [5.41, 5.74) is 0. The quantitative estimate of drug-likeness (QED) is 0.794. The lowest BCUT2D eigenvalue weighted by Gasteiger charge is -2.33. The average molecular weight is 225 g/mol. The maximum absolute atomic E-state index is 5.76. The summed E-state index contributed by atoms with van der Waals surface area (Å²) in [7, 11) is 2.12. The second-order valence-corrected chi connectivity index (χ2v) is 5.79. The summed E-state index contributed by atoms with van der Waals surface area (Å²) in [5, 5.41) is 3.53. The Morgan fingerprint density at radius 1 is 1.19 bits per heavy atom. The van der Waals surface area contributed by atoms with Gasteiger partial charge in [0.05, 0.1) is 6.10 Å². The topological polar surface area (TPSA) is 21.3 Å². The normalized spacial score (nSPS) is 37.5.